The molecule has 150 valence electrons. The molecule has 3 rings (SSSR count). The van der Waals surface area contributed by atoms with Gasteiger partial charge in [0.1, 0.15) is 11.6 Å². The molecular weight excluding hydrogens is 490 g/mol. The predicted molar refractivity (Wildman–Crippen MR) is 122 cm³/mol. The molecule has 2 heterocycles. The van der Waals surface area contributed by atoms with Gasteiger partial charge in [0.05, 0.1) is 13.1 Å². The van der Waals surface area contributed by atoms with Crippen molar-refractivity contribution in [3.63, 3.8) is 0 Å². The van der Waals surface area contributed by atoms with E-state index in [1.807, 2.05) is 30.7 Å². The summed E-state index contributed by atoms with van der Waals surface area (Å²) in [6, 6.07) is 10.8. The Morgan fingerprint density at radius 1 is 1.18 bits per heavy atom. The van der Waals surface area contributed by atoms with Gasteiger partial charge in [0, 0.05) is 24.0 Å². The molecule has 0 fully saturated rings. The van der Waals surface area contributed by atoms with E-state index in [0.717, 1.165) is 24.6 Å². The van der Waals surface area contributed by atoms with Crippen LogP contribution < -0.4 is 10.6 Å². The van der Waals surface area contributed by atoms with Crippen LogP contribution in [0.4, 0.5) is 4.39 Å². The van der Waals surface area contributed by atoms with Crippen LogP contribution in [0.2, 0.25) is 0 Å². The highest BCUT2D eigenvalue weighted by Gasteiger charge is 2.07. The van der Waals surface area contributed by atoms with E-state index in [1.54, 1.807) is 23.5 Å². The first kappa shape index (κ1) is 22.3. The Hall–Kier alpha value is -2.01. The van der Waals surface area contributed by atoms with Crippen LogP contribution in [-0.4, -0.2) is 27.3 Å². The number of rotatable bonds is 7. The smallest absolute Gasteiger partial charge is 0.191 e. The average Bonchev–Trinajstić information content (AvgIpc) is 3.29. The minimum Gasteiger partial charge on any atom is -0.356 e. The molecule has 0 saturated heterocycles. The quantitative estimate of drug-likeness (QED) is 0.288. The van der Waals surface area contributed by atoms with Crippen LogP contribution in [0.1, 0.15) is 22.1 Å². The zero-order valence-corrected chi connectivity index (χ0v) is 19.0. The molecule has 28 heavy (non-hydrogen) atoms. The Morgan fingerprint density at radius 2 is 2.00 bits per heavy atom. The van der Waals surface area contributed by atoms with E-state index in [0.29, 0.717) is 18.1 Å². The van der Waals surface area contributed by atoms with Crippen LogP contribution in [0, 0.1) is 12.7 Å². The maximum atomic E-state index is 13.9. The summed E-state index contributed by atoms with van der Waals surface area (Å²) in [5.74, 6) is 2.03. The second-order valence-corrected chi connectivity index (χ2v) is 7.12. The van der Waals surface area contributed by atoms with E-state index >= 15 is 0 Å². The van der Waals surface area contributed by atoms with Crippen molar-refractivity contribution >= 4 is 41.3 Å². The number of nitrogens with one attached hydrogen (secondary N) is 2. The van der Waals surface area contributed by atoms with Gasteiger partial charge in [-0.25, -0.2) is 9.38 Å². The molecule has 0 spiro atoms. The topological polar surface area (TPSA) is 67.1 Å². The number of aromatic nitrogens is 3. The molecule has 0 radical (unpaired) electrons. The van der Waals surface area contributed by atoms with Gasteiger partial charge in [-0.1, -0.05) is 24.3 Å². The molecule has 0 saturated carbocycles. The lowest BCUT2D eigenvalue weighted by atomic mass is 10.2. The number of nitrogens with zero attached hydrogens (tertiary/aromatic N) is 4. The van der Waals surface area contributed by atoms with Gasteiger partial charge in [-0.2, -0.15) is 0 Å². The first-order chi connectivity index (χ1) is 13.1. The largest absolute Gasteiger partial charge is 0.356 e. The lowest BCUT2D eigenvalue weighted by molar-refractivity contribution is 0.610. The molecule has 2 aromatic heterocycles. The van der Waals surface area contributed by atoms with Crippen molar-refractivity contribution in [2.75, 3.05) is 6.54 Å². The number of aliphatic imine (C=N–C) groups is 1. The Balaban J connectivity index is 0.00000280. The zero-order valence-electron chi connectivity index (χ0n) is 15.9. The van der Waals surface area contributed by atoms with E-state index < -0.39 is 0 Å². The van der Waals surface area contributed by atoms with E-state index in [4.69, 9.17) is 0 Å². The Labute approximate surface area is 185 Å². The summed E-state index contributed by atoms with van der Waals surface area (Å²) in [5, 5.41) is 16.8. The van der Waals surface area contributed by atoms with Gasteiger partial charge in [-0.05, 0) is 30.9 Å². The number of hydrogen-bond acceptors (Lipinski definition) is 4. The first-order valence-electron chi connectivity index (χ1n) is 8.76. The molecule has 0 bridgehead atoms. The summed E-state index contributed by atoms with van der Waals surface area (Å²) in [7, 11) is 1.92. The van der Waals surface area contributed by atoms with E-state index in [1.165, 1.54) is 10.9 Å². The lowest BCUT2D eigenvalue weighted by Gasteiger charge is -2.12. The lowest BCUT2D eigenvalue weighted by Crippen LogP contribution is -2.38. The van der Waals surface area contributed by atoms with Crippen LogP contribution in [0.15, 0.2) is 46.8 Å². The van der Waals surface area contributed by atoms with Crippen molar-refractivity contribution < 1.29 is 4.39 Å². The van der Waals surface area contributed by atoms with E-state index in [2.05, 4.69) is 37.3 Å². The third kappa shape index (κ3) is 6.26. The molecule has 0 atom stereocenters. The van der Waals surface area contributed by atoms with E-state index in [9.17, 15) is 4.39 Å². The first-order valence-corrected chi connectivity index (χ1v) is 9.64. The standard InChI is InChI=1S/C19H23FN6S.HI/c1-14-24-25-18(26(14)2)13-23-19(21-10-9-16-7-5-11-27-16)22-12-15-6-3-4-8-17(15)20;/h3-8,11H,9-10,12-13H2,1-2H3,(H2,21,22,23);1H. The summed E-state index contributed by atoms with van der Waals surface area (Å²) in [6.07, 6.45) is 0.904. The molecule has 2 N–H and O–H groups in total. The van der Waals surface area contributed by atoms with Gasteiger partial charge in [0.25, 0.3) is 0 Å². The summed E-state index contributed by atoms with van der Waals surface area (Å²) in [5.41, 5.74) is 0.561. The van der Waals surface area contributed by atoms with Gasteiger partial charge in [0.2, 0.25) is 0 Å². The van der Waals surface area contributed by atoms with Crippen molar-refractivity contribution in [2.24, 2.45) is 12.0 Å². The predicted octanol–water partition coefficient (Wildman–Crippen LogP) is 3.42. The van der Waals surface area contributed by atoms with Gasteiger partial charge < -0.3 is 15.2 Å². The van der Waals surface area contributed by atoms with Gasteiger partial charge in [0.15, 0.2) is 11.8 Å². The zero-order chi connectivity index (χ0) is 19.1. The summed E-state index contributed by atoms with van der Waals surface area (Å²) >= 11 is 1.73. The number of guanidine groups is 1. The second-order valence-electron chi connectivity index (χ2n) is 6.09. The average molecular weight is 514 g/mol. The Morgan fingerprint density at radius 3 is 2.68 bits per heavy atom. The van der Waals surface area contributed by atoms with Gasteiger partial charge >= 0.3 is 0 Å². The third-order valence-corrected chi connectivity index (χ3v) is 5.14. The Kier molecular flexibility index (Phi) is 8.84. The molecule has 0 aliphatic rings. The molecule has 0 unspecified atom stereocenters. The van der Waals surface area contributed by atoms with Crippen molar-refractivity contribution in [1.29, 1.82) is 0 Å². The van der Waals surface area contributed by atoms with Crippen molar-refractivity contribution in [1.82, 2.24) is 25.4 Å². The molecule has 0 aliphatic carbocycles. The maximum Gasteiger partial charge on any atom is 0.191 e. The fraction of sp³-hybridized carbons (Fsp3) is 0.316. The highest BCUT2D eigenvalue weighted by Crippen LogP contribution is 2.09. The minimum atomic E-state index is -0.247. The molecule has 3 aromatic rings. The molecule has 9 heteroatoms. The summed E-state index contributed by atoms with van der Waals surface area (Å²) in [6.45, 7) is 3.39. The van der Waals surface area contributed by atoms with Crippen LogP contribution in [0.5, 0.6) is 0 Å². The van der Waals surface area contributed by atoms with Crippen molar-refractivity contribution in [3.05, 3.63) is 69.7 Å². The van der Waals surface area contributed by atoms with Crippen molar-refractivity contribution in [2.45, 2.75) is 26.4 Å². The number of hydrogen-bond donors (Lipinski definition) is 2. The molecular formula is C19H24FIN6S. The number of aryl methyl sites for hydroxylation is 1. The number of thiophene rings is 1. The fourth-order valence-electron chi connectivity index (χ4n) is 2.49. The Bertz CT molecular complexity index is 894. The highest BCUT2D eigenvalue weighted by atomic mass is 127. The summed E-state index contributed by atoms with van der Waals surface area (Å²) in [4.78, 5) is 5.83. The maximum absolute atomic E-state index is 13.9. The monoisotopic (exact) mass is 514 g/mol. The summed E-state index contributed by atoms with van der Waals surface area (Å²) < 4.78 is 15.8. The molecule has 1 aromatic carbocycles. The van der Waals surface area contributed by atoms with Crippen LogP contribution in [0.25, 0.3) is 0 Å². The van der Waals surface area contributed by atoms with E-state index in [-0.39, 0.29) is 36.3 Å². The van der Waals surface area contributed by atoms with Crippen LogP contribution in [0.3, 0.4) is 0 Å². The minimum absolute atomic E-state index is 0. The number of halogens is 2. The molecule has 6 nitrogen and oxygen atoms in total. The van der Waals surface area contributed by atoms with Crippen LogP contribution >= 0.6 is 35.3 Å². The fourth-order valence-corrected chi connectivity index (χ4v) is 3.20. The molecule has 0 amide bonds. The normalized spacial score (nSPS) is 11.2. The third-order valence-electron chi connectivity index (χ3n) is 4.21. The highest BCUT2D eigenvalue weighted by molar-refractivity contribution is 14.0. The van der Waals surface area contributed by atoms with Crippen molar-refractivity contribution in [3.8, 4) is 0 Å². The van der Waals surface area contributed by atoms with Crippen LogP contribution in [-0.2, 0) is 26.6 Å². The van der Waals surface area contributed by atoms with Gasteiger partial charge in [-0.3, -0.25) is 0 Å². The number of benzene rings is 1. The van der Waals surface area contributed by atoms with Gasteiger partial charge in [-0.15, -0.1) is 45.5 Å². The second kappa shape index (κ2) is 11.1. The SMILES string of the molecule is Cc1nnc(CNC(=NCc2ccccc2F)NCCc2cccs2)n1C.I. The molecule has 0 aliphatic heterocycles.